The van der Waals surface area contributed by atoms with Gasteiger partial charge in [-0.05, 0) is 45.2 Å². The minimum atomic E-state index is 0.704. The fourth-order valence-corrected chi connectivity index (χ4v) is 3.85. The van der Waals surface area contributed by atoms with E-state index in [2.05, 4.69) is 42.9 Å². The quantitative estimate of drug-likeness (QED) is 0.842. The first kappa shape index (κ1) is 15.3. The Labute approximate surface area is 119 Å². The molecule has 2 heterocycles. The molecule has 0 aromatic carbocycles. The first-order valence-electron chi connectivity index (χ1n) is 8.27. The zero-order valence-electron chi connectivity index (χ0n) is 13.4. The second-order valence-electron chi connectivity index (χ2n) is 7.05. The second-order valence-corrected chi connectivity index (χ2v) is 7.05. The third-order valence-electron chi connectivity index (χ3n) is 4.84. The lowest BCUT2D eigenvalue weighted by molar-refractivity contribution is 0.0369. The molecule has 0 spiro atoms. The standard InChI is InChI=1S/C16H33N3/c1-5-15-10-17-14(9-13(2)3)11-19(15)16-7-6-8-18(4)12-16/h13-17H,5-12H2,1-4H3. The van der Waals surface area contributed by atoms with Gasteiger partial charge in [-0.1, -0.05) is 20.8 Å². The van der Waals surface area contributed by atoms with Crippen molar-refractivity contribution in [1.29, 1.82) is 0 Å². The molecule has 0 aromatic rings. The number of likely N-dealkylation sites (tertiary alicyclic amines) is 1. The van der Waals surface area contributed by atoms with E-state index < -0.39 is 0 Å². The first-order chi connectivity index (χ1) is 9.10. The molecule has 0 aromatic heterocycles. The van der Waals surface area contributed by atoms with E-state index in [0.717, 1.165) is 18.0 Å². The minimum Gasteiger partial charge on any atom is -0.311 e. The average Bonchev–Trinajstić information content (AvgIpc) is 2.38. The molecule has 0 amide bonds. The molecule has 0 aliphatic carbocycles. The van der Waals surface area contributed by atoms with Crippen LogP contribution < -0.4 is 5.32 Å². The molecule has 0 bridgehead atoms. The molecule has 3 heteroatoms. The maximum atomic E-state index is 3.78. The first-order valence-corrected chi connectivity index (χ1v) is 8.27. The number of likely N-dealkylation sites (N-methyl/N-ethyl adjacent to an activating group) is 1. The van der Waals surface area contributed by atoms with Gasteiger partial charge in [0, 0.05) is 37.8 Å². The molecular formula is C16H33N3. The Morgan fingerprint density at radius 3 is 2.68 bits per heavy atom. The summed E-state index contributed by atoms with van der Waals surface area (Å²) in [4.78, 5) is 5.35. The lowest BCUT2D eigenvalue weighted by Gasteiger charge is -2.47. The number of nitrogens with zero attached hydrogens (tertiary/aromatic N) is 2. The van der Waals surface area contributed by atoms with E-state index in [0.29, 0.717) is 6.04 Å². The van der Waals surface area contributed by atoms with Gasteiger partial charge in [-0.15, -0.1) is 0 Å². The molecule has 3 nitrogen and oxygen atoms in total. The van der Waals surface area contributed by atoms with Gasteiger partial charge >= 0.3 is 0 Å². The van der Waals surface area contributed by atoms with Crippen LogP contribution in [-0.2, 0) is 0 Å². The zero-order valence-corrected chi connectivity index (χ0v) is 13.4. The summed E-state index contributed by atoms with van der Waals surface area (Å²) in [6, 6.07) is 2.25. The van der Waals surface area contributed by atoms with E-state index in [9.17, 15) is 0 Å². The van der Waals surface area contributed by atoms with E-state index in [1.54, 1.807) is 0 Å². The van der Waals surface area contributed by atoms with Crippen LogP contribution in [0.25, 0.3) is 0 Å². The third kappa shape index (κ3) is 4.17. The Bertz CT molecular complexity index is 267. The summed E-state index contributed by atoms with van der Waals surface area (Å²) in [5.74, 6) is 0.798. The van der Waals surface area contributed by atoms with E-state index >= 15 is 0 Å². The predicted octanol–water partition coefficient (Wildman–Crippen LogP) is 2.18. The summed E-state index contributed by atoms with van der Waals surface area (Å²) < 4.78 is 0. The van der Waals surface area contributed by atoms with Crippen LogP contribution in [0.4, 0.5) is 0 Å². The van der Waals surface area contributed by atoms with Crippen molar-refractivity contribution in [1.82, 2.24) is 15.1 Å². The van der Waals surface area contributed by atoms with Crippen LogP contribution in [0.5, 0.6) is 0 Å². The van der Waals surface area contributed by atoms with Crippen LogP contribution in [0.1, 0.15) is 46.5 Å². The Balaban J connectivity index is 1.96. The molecule has 1 N–H and O–H groups in total. The molecular weight excluding hydrogens is 234 g/mol. The predicted molar refractivity (Wildman–Crippen MR) is 82.5 cm³/mol. The lowest BCUT2D eigenvalue weighted by Crippen LogP contribution is -2.61. The summed E-state index contributed by atoms with van der Waals surface area (Å²) >= 11 is 0. The SMILES string of the molecule is CCC1CNC(CC(C)C)CN1C1CCCN(C)C1. The Hall–Kier alpha value is -0.120. The van der Waals surface area contributed by atoms with E-state index in [1.165, 1.54) is 51.9 Å². The van der Waals surface area contributed by atoms with Crippen molar-refractivity contribution in [2.75, 3.05) is 33.2 Å². The smallest absolute Gasteiger partial charge is 0.0227 e. The topological polar surface area (TPSA) is 18.5 Å². The molecule has 0 radical (unpaired) electrons. The number of hydrogen-bond donors (Lipinski definition) is 1. The van der Waals surface area contributed by atoms with Crippen molar-refractivity contribution in [3.63, 3.8) is 0 Å². The number of piperidine rings is 1. The maximum Gasteiger partial charge on any atom is 0.0227 e. The normalized spacial score (nSPS) is 34.9. The van der Waals surface area contributed by atoms with Crippen molar-refractivity contribution in [3.05, 3.63) is 0 Å². The van der Waals surface area contributed by atoms with E-state index in [-0.39, 0.29) is 0 Å². The molecule has 2 fully saturated rings. The van der Waals surface area contributed by atoms with Crippen LogP contribution in [0.3, 0.4) is 0 Å². The second kappa shape index (κ2) is 7.05. The van der Waals surface area contributed by atoms with Gasteiger partial charge in [0.05, 0.1) is 0 Å². The molecule has 3 atom stereocenters. The fourth-order valence-electron chi connectivity index (χ4n) is 3.85. The lowest BCUT2D eigenvalue weighted by atomic mass is 9.95. The van der Waals surface area contributed by atoms with Crippen LogP contribution in [-0.4, -0.2) is 61.2 Å². The Kier molecular flexibility index (Phi) is 5.67. The van der Waals surface area contributed by atoms with Gasteiger partial charge in [0.25, 0.3) is 0 Å². The monoisotopic (exact) mass is 267 g/mol. The minimum absolute atomic E-state index is 0.704. The maximum absolute atomic E-state index is 3.78. The van der Waals surface area contributed by atoms with Gasteiger partial charge in [-0.2, -0.15) is 0 Å². The summed E-state index contributed by atoms with van der Waals surface area (Å²) in [7, 11) is 2.28. The molecule has 2 saturated heterocycles. The fraction of sp³-hybridized carbons (Fsp3) is 1.00. The van der Waals surface area contributed by atoms with Crippen molar-refractivity contribution in [2.24, 2.45) is 5.92 Å². The van der Waals surface area contributed by atoms with Crippen LogP contribution >= 0.6 is 0 Å². The highest BCUT2D eigenvalue weighted by Crippen LogP contribution is 2.22. The number of hydrogen-bond acceptors (Lipinski definition) is 3. The van der Waals surface area contributed by atoms with Crippen LogP contribution in [0.15, 0.2) is 0 Å². The number of piperazine rings is 1. The molecule has 0 saturated carbocycles. The molecule has 19 heavy (non-hydrogen) atoms. The molecule has 3 unspecified atom stereocenters. The van der Waals surface area contributed by atoms with Crippen molar-refractivity contribution >= 4 is 0 Å². The average molecular weight is 267 g/mol. The van der Waals surface area contributed by atoms with Gasteiger partial charge in [0.2, 0.25) is 0 Å². The van der Waals surface area contributed by atoms with Crippen LogP contribution in [0, 0.1) is 5.92 Å². The van der Waals surface area contributed by atoms with Gasteiger partial charge in [-0.25, -0.2) is 0 Å². The van der Waals surface area contributed by atoms with Crippen LogP contribution in [0.2, 0.25) is 0 Å². The molecule has 2 rings (SSSR count). The molecule has 2 aliphatic heterocycles. The summed E-state index contributed by atoms with van der Waals surface area (Å²) in [6.45, 7) is 12.0. The van der Waals surface area contributed by atoms with Gasteiger partial charge < -0.3 is 10.2 Å². The zero-order chi connectivity index (χ0) is 13.8. The summed E-state index contributed by atoms with van der Waals surface area (Å²) in [5, 5.41) is 3.78. The third-order valence-corrected chi connectivity index (χ3v) is 4.84. The number of nitrogens with one attached hydrogen (secondary N) is 1. The van der Waals surface area contributed by atoms with Gasteiger partial charge in [0.1, 0.15) is 0 Å². The van der Waals surface area contributed by atoms with Crippen molar-refractivity contribution in [2.45, 2.75) is 64.6 Å². The van der Waals surface area contributed by atoms with Crippen molar-refractivity contribution < 1.29 is 0 Å². The molecule has 2 aliphatic rings. The highest BCUT2D eigenvalue weighted by atomic mass is 15.3. The highest BCUT2D eigenvalue weighted by Gasteiger charge is 2.33. The van der Waals surface area contributed by atoms with E-state index in [1.807, 2.05) is 0 Å². The summed E-state index contributed by atoms with van der Waals surface area (Å²) in [6.07, 6.45) is 5.36. The Morgan fingerprint density at radius 1 is 1.26 bits per heavy atom. The Morgan fingerprint density at radius 2 is 2.05 bits per heavy atom. The highest BCUT2D eigenvalue weighted by molar-refractivity contribution is 4.91. The largest absolute Gasteiger partial charge is 0.311 e. The molecule has 112 valence electrons. The van der Waals surface area contributed by atoms with E-state index in [4.69, 9.17) is 0 Å². The van der Waals surface area contributed by atoms with Gasteiger partial charge in [-0.3, -0.25) is 4.90 Å². The summed E-state index contributed by atoms with van der Waals surface area (Å²) in [5.41, 5.74) is 0. The van der Waals surface area contributed by atoms with Crippen molar-refractivity contribution in [3.8, 4) is 0 Å². The number of rotatable bonds is 4. The van der Waals surface area contributed by atoms with Gasteiger partial charge in [0.15, 0.2) is 0 Å².